The van der Waals surface area contributed by atoms with E-state index in [9.17, 15) is 13.2 Å². The molecule has 2 aromatic carbocycles. The molecule has 0 aliphatic rings. The molecule has 2 aromatic rings. The van der Waals surface area contributed by atoms with Gasteiger partial charge in [-0.3, -0.25) is 0 Å². The fourth-order valence-electron chi connectivity index (χ4n) is 5.56. The number of unbranched alkanes of at least 4 members (excludes halogenated alkanes) is 18. The number of hydrogen-bond acceptors (Lipinski definition) is 3. The Morgan fingerprint density at radius 2 is 0.978 bits per heavy atom. The maximum absolute atomic E-state index is 10.7. The van der Waals surface area contributed by atoms with Crippen LogP contribution in [-0.2, 0) is 23.0 Å². The van der Waals surface area contributed by atoms with Crippen molar-refractivity contribution < 1.29 is 47.3 Å². The van der Waals surface area contributed by atoms with Gasteiger partial charge in [0.2, 0.25) is 0 Å². The van der Waals surface area contributed by atoms with E-state index in [1.165, 1.54) is 147 Å². The van der Waals surface area contributed by atoms with E-state index < -0.39 is 15.6 Å². The van der Waals surface area contributed by atoms with Gasteiger partial charge in [0.1, 0.15) is 0 Å². The average molecular weight is 781 g/mol. The first kappa shape index (κ1) is 42.9. The molecule has 0 saturated heterocycles. The van der Waals surface area contributed by atoms with Gasteiger partial charge >= 0.3 is 26.7 Å². The monoisotopic (exact) mass is 780 g/mol. The largest absolute Gasteiger partial charge is 0.741 e. The van der Waals surface area contributed by atoms with Crippen LogP contribution in [0.3, 0.4) is 0 Å². The van der Waals surface area contributed by atoms with Crippen LogP contribution in [-0.4, -0.2) is 18.5 Å². The van der Waals surface area contributed by atoms with Gasteiger partial charge in [-0.25, -0.2) is 8.42 Å². The van der Waals surface area contributed by atoms with Gasteiger partial charge in [0, 0.05) is 11.1 Å². The van der Waals surface area contributed by atoms with E-state index in [0.717, 1.165) is 0 Å². The standard InChI is InChI=1S/C37H60I.CHF3O3S/c1-4-6-8-10-12-14-16-18-20-22-28-34-29-26-32-37(38-36-31-25-24-27-33(36)3)35(34)30-23-21-19-17-15-13-11-9-7-5-2;2-1(3,4)8(5,6)7/h24-27,29,31-32H,4-23,28,30H2,1-3H3;(H,5,6,7)/q+1;/p-1. The molecule has 0 fully saturated rings. The van der Waals surface area contributed by atoms with Gasteiger partial charge < -0.3 is 4.55 Å². The second kappa shape index (κ2) is 25.8. The van der Waals surface area contributed by atoms with E-state index in [1.807, 2.05) is 0 Å². The van der Waals surface area contributed by atoms with Gasteiger partial charge in [0.15, 0.2) is 17.3 Å². The van der Waals surface area contributed by atoms with Gasteiger partial charge in [0.05, 0.1) is 0 Å². The lowest BCUT2D eigenvalue weighted by atomic mass is 9.96. The van der Waals surface area contributed by atoms with Crippen LogP contribution in [0.4, 0.5) is 13.2 Å². The summed E-state index contributed by atoms with van der Waals surface area (Å²) in [7, 11) is -6.09. The van der Waals surface area contributed by atoms with Crippen molar-refractivity contribution in [3.8, 4) is 0 Å². The van der Waals surface area contributed by atoms with Crippen molar-refractivity contribution in [3.63, 3.8) is 0 Å². The zero-order valence-electron chi connectivity index (χ0n) is 28.7. The summed E-state index contributed by atoms with van der Waals surface area (Å²) in [6.07, 6.45) is 31.0. The molecule has 46 heavy (non-hydrogen) atoms. The van der Waals surface area contributed by atoms with E-state index in [2.05, 4.69) is 63.2 Å². The molecule has 0 aliphatic heterocycles. The molecule has 0 N–H and O–H groups in total. The van der Waals surface area contributed by atoms with E-state index in [4.69, 9.17) is 13.0 Å². The van der Waals surface area contributed by atoms with Crippen molar-refractivity contribution in [2.24, 2.45) is 0 Å². The van der Waals surface area contributed by atoms with Crippen LogP contribution >= 0.6 is 0 Å². The highest BCUT2D eigenvalue weighted by Gasteiger charge is 2.37. The minimum Gasteiger partial charge on any atom is -0.741 e. The first-order valence-electron chi connectivity index (χ1n) is 17.8. The molecule has 0 amide bonds. The van der Waals surface area contributed by atoms with Crippen LogP contribution in [0.25, 0.3) is 0 Å². The smallest absolute Gasteiger partial charge is 0.485 e. The number of rotatable bonds is 24. The predicted octanol–water partition coefficient (Wildman–Crippen LogP) is 9.10. The Morgan fingerprint density at radius 1 is 0.587 bits per heavy atom. The lowest BCUT2D eigenvalue weighted by molar-refractivity contribution is -0.599. The highest BCUT2D eigenvalue weighted by Crippen LogP contribution is 2.21. The molecule has 2 rings (SSSR count). The van der Waals surface area contributed by atoms with Crippen LogP contribution in [0.1, 0.15) is 159 Å². The Bertz CT molecular complexity index is 1150. The second-order valence-corrected chi connectivity index (χ2v) is 16.7. The van der Waals surface area contributed by atoms with Crippen molar-refractivity contribution in [2.75, 3.05) is 0 Å². The molecule has 264 valence electrons. The third kappa shape index (κ3) is 20.3. The zero-order valence-corrected chi connectivity index (χ0v) is 31.7. The Labute approximate surface area is 289 Å². The van der Waals surface area contributed by atoms with Crippen molar-refractivity contribution in [1.29, 1.82) is 0 Å². The van der Waals surface area contributed by atoms with Gasteiger partial charge in [0.25, 0.3) is 0 Å². The van der Waals surface area contributed by atoms with Crippen molar-refractivity contribution in [1.82, 2.24) is 0 Å². The summed E-state index contributed by atoms with van der Waals surface area (Å²) in [4.78, 5) is 0. The average Bonchev–Trinajstić information content (AvgIpc) is 3.00. The normalized spacial score (nSPS) is 11.8. The summed E-state index contributed by atoms with van der Waals surface area (Å²) < 4.78 is 62.2. The minimum absolute atomic E-state index is 0.107. The fourth-order valence-corrected chi connectivity index (χ4v) is 8.51. The zero-order chi connectivity index (χ0) is 34.1. The quantitative estimate of drug-likeness (QED) is 0.0463. The number of halogens is 4. The van der Waals surface area contributed by atoms with Crippen LogP contribution in [0.5, 0.6) is 0 Å². The summed E-state index contributed by atoms with van der Waals surface area (Å²) in [5.41, 5.74) is -0.761. The number of hydrogen-bond donors (Lipinski definition) is 0. The molecule has 0 saturated carbocycles. The van der Waals surface area contributed by atoms with Crippen molar-refractivity contribution in [3.05, 3.63) is 66.3 Å². The molecular weight excluding hydrogens is 720 g/mol. The highest BCUT2D eigenvalue weighted by atomic mass is 127. The van der Waals surface area contributed by atoms with Crippen molar-refractivity contribution >= 4 is 10.1 Å². The van der Waals surface area contributed by atoms with Gasteiger partial charge in [-0.1, -0.05) is 160 Å². The Morgan fingerprint density at radius 3 is 1.41 bits per heavy atom. The number of alkyl halides is 3. The topological polar surface area (TPSA) is 57.2 Å². The van der Waals surface area contributed by atoms with Crippen LogP contribution < -0.4 is 21.2 Å². The molecule has 0 atom stereocenters. The molecule has 0 bridgehead atoms. The van der Waals surface area contributed by atoms with Crippen LogP contribution in [0, 0.1) is 14.1 Å². The number of benzene rings is 2. The van der Waals surface area contributed by atoms with Crippen LogP contribution in [0.15, 0.2) is 42.5 Å². The Hall–Kier alpha value is -1.13. The van der Waals surface area contributed by atoms with E-state index >= 15 is 0 Å². The molecule has 0 spiro atoms. The predicted molar refractivity (Wildman–Crippen MR) is 182 cm³/mol. The summed E-state index contributed by atoms with van der Waals surface area (Å²) >= 11 is -0.107. The minimum atomic E-state index is -6.09. The number of aryl methyl sites for hydroxylation is 2. The molecule has 8 heteroatoms. The first-order chi connectivity index (χ1) is 22.0. The Kier molecular flexibility index (Phi) is 24.1. The Balaban J connectivity index is 0.00000116. The lowest BCUT2D eigenvalue weighted by Gasteiger charge is -2.10. The third-order valence-electron chi connectivity index (χ3n) is 8.36. The fraction of sp³-hybridized carbons (Fsp3) is 0.684. The SMILES string of the molecule is CCCCCCCCCCCCc1cccc([I+]c2ccccc2C)c1CCCCCCCCCCCC.O=S(=O)([O-])C(F)(F)F. The highest BCUT2D eigenvalue weighted by molar-refractivity contribution is 7.86. The summed E-state index contributed by atoms with van der Waals surface area (Å²) in [5.74, 6) is 0. The van der Waals surface area contributed by atoms with Gasteiger partial charge in [-0.15, -0.1) is 0 Å². The van der Waals surface area contributed by atoms with E-state index in [-0.39, 0.29) is 21.2 Å². The van der Waals surface area contributed by atoms with Gasteiger partial charge in [-0.05, 0) is 50.3 Å². The van der Waals surface area contributed by atoms with Crippen LogP contribution in [0.2, 0.25) is 0 Å². The summed E-state index contributed by atoms with van der Waals surface area (Å²) in [5, 5.41) is 0. The summed E-state index contributed by atoms with van der Waals surface area (Å²) in [6, 6.07) is 16.4. The first-order valence-corrected chi connectivity index (χ1v) is 21.4. The molecule has 0 unspecified atom stereocenters. The molecule has 0 aromatic heterocycles. The van der Waals surface area contributed by atoms with Gasteiger partial charge in [-0.2, -0.15) is 13.2 Å². The molecule has 0 heterocycles. The summed E-state index contributed by atoms with van der Waals surface area (Å²) in [6.45, 7) is 6.91. The second-order valence-electron chi connectivity index (χ2n) is 12.5. The third-order valence-corrected chi connectivity index (χ3v) is 12.3. The van der Waals surface area contributed by atoms with Crippen molar-refractivity contribution in [2.45, 2.75) is 168 Å². The molecule has 0 aliphatic carbocycles. The molecular formula is C38H60F3IO3S. The van der Waals surface area contributed by atoms with E-state index in [0.29, 0.717) is 0 Å². The lowest BCUT2D eigenvalue weighted by Crippen LogP contribution is -3.62. The maximum Gasteiger partial charge on any atom is 0.485 e. The molecule has 3 nitrogen and oxygen atoms in total. The van der Waals surface area contributed by atoms with E-state index in [1.54, 1.807) is 18.3 Å². The maximum atomic E-state index is 10.7. The molecule has 0 radical (unpaired) electrons.